The van der Waals surface area contributed by atoms with Crippen LogP contribution in [-0.2, 0) is 0 Å². The van der Waals surface area contributed by atoms with Crippen molar-refractivity contribution in [1.82, 2.24) is 0 Å². The van der Waals surface area contributed by atoms with E-state index in [2.05, 4.69) is 24.1 Å². The lowest BCUT2D eigenvalue weighted by atomic mass is 10.8. The Kier molecular flexibility index (Phi) is 7.44. The molecule has 0 saturated heterocycles. The molecule has 1 nitrogen and oxygen atoms in total. The predicted molar refractivity (Wildman–Crippen MR) is 49.9 cm³/mol. The van der Waals surface area contributed by atoms with Crippen molar-refractivity contribution < 1.29 is 5.11 Å². The first-order chi connectivity index (χ1) is 4.23. The summed E-state index contributed by atoms with van der Waals surface area (Å²) in [7, 11) is 3.69. The summed E-state index contributed by atoms with van der Waals surface area (Å²) < 4.78 is 0. The zero-order valence-electron chi connectivity index (χ0n) is 5.15. The van der Waals surface area contributed by atoms with Gasteiger partial charge in [-0.25, -0.2) is 0 Å². The van der Waals surface area contributed by atoms with Crippen molar-refractivity contribution in [3.05, 3.63) is 11.5 Å². The number of thiol groups is 1. The van der Waals surface area contributed by atoms with Crippen molar-refractivity contribution in [3.63, 3.8) is 0 Å². The fourth-order valence-electron chi connectivity index (χ4n) is 0.196. The van der Waals surface area contributed by atoms with Crippen LogP contribution in [0.3, 0.4) is 0 Å². The zero-order valence-corrected chi connectivity index (χ0v) is 7.68. The van der Waals surface area contributed by atoms with Gasteiger partial charge in [0.05, 0.1) is 5.44 Å². The van der Waals surface area contributed by atoms with E-state index in [1.54, 1.807) is 6.92 Å². The van der Waals surface area contributed by atoms with Gasteiger partial charge >= 0.3 is 0 Å². The maximum Gasteiger partial charge on any atom is 0.0936 e. The molecule has 1 aliphatic rings. The molecule has 0 spiro atoms. The van der Waals surface area contributed by atoms with E-state index >= 15 is 0 Å². The van der Waals surface area contributed by atoms with Gasteiger partial charge in [0.15, 0.2) is 0 Å². The van der Waals surface area contributed by atoms with Crippen LogP contribution in [0.2, 0.25) is 0 Å². The third kappa shape index (κ3) is 12.1. The second kappa shape index (κ2) is 6.86. The molecule has 0 amide bonds. The summed E-state index contributed by atoms with van der Waals surface area (Å²) in [4.78, 5) is 0. The smallest absolute Gasteiger partial charge is 0.0936 e. The van der Waals surface area contributed by atoms with Crippen molar-refractivity contribution in [3.8, 4) is 0 Å². The molecule has 1 rings (SSSR count). The average molecular weight is 182 g/mol. The van der Waals surface area contributed by atoms with Crippen molar-refractivity contribution in [2.45, 2.75) is 12.4 Å². The molecule has 0 aliphatic carbocycles. The SMILES string of the molecule is C1=CSSC1.CC(O)S. The van der Waals surface area contributed by atoms with E-state index < -0.39 is 5.44 Å². The van der Waals surface area contributed by atoms with E-state index in [0.29, 0.717) is 0 Å². The molecule has 0 bridgehead atoms. The van der Waals surface area contributed by atoms with Gasteiger partial charge in [-0.05, 0) is 12.3 Å². The van der Waals surface area contributed by atoms with Gasteiger partial charge in [0.2, 0.25) is 0 Å². The highest BCUT2D eigenvalue weighted by molar-refractivity contribution is 8.78. The molecular weight excluding hydrogens is 172 g/mol. The molecular formula is C5H10OS3. The molecule has 0 aromatic rings. The number of hydrogen-bond acceptors (Lipinski definition) is 4. The second-order valence-electron chi connectivity index (χ2n) is 1.38. The quantitative estimate of drug-likeness (QED) is 0.340. The molecule has 9 heavy (non-hydrogen) atoms. The van der Waals surface area contributed by atoms with Crippen LogP contribution in [-0.4, -0.2) is 16.3 Å². The summed E-state index contributed by atoms with van der Waals surface area (Å²) in [5.74, 6) is 1.20. The van der Waals surface area contributed by atoms with Gasteiger partial charge in [0.25, 0.3) is 0 Å². The van der Waals surface area contributed by atoms with Crippen molar-refractivity contribution in [2.75, 3.05) is 5.75 Å². The van der Waals surface area contributed by atoms with Crippen LogP contribution in [0.1, 0.15) is 6.92 Å². The van der Waals surface area contributed by atoms with Gasteiger partial charge in [0, 0.05) is 5.75 Å². The molecule has 0 radical (unpaired) electrons. The summed E-state index contributed by atoms with van der Waals surface area (Å²) in [6, 6.07) is 0. The third-order valence-electron chi connectivity index (χ3n) is 0.384. The fraction of sp³-hybridized carbons (Fsp3) is 0.600. The highest BCUT2D eigenvalue weighted by Crippen LogP contribution is 2.27. The van der Waals surface area contributed by atoms with Gasteiger partial charge in [-0.2, -0.15) is 0 Å². The summed E-state index contributed by atoms with van der Waals surface area (Å²) in [6.45, 7) is 1.59. The first kappa shape index (κ1) is 9.75. The van der Waals surface area contributed by atoms with Crippen LogP contribution in [0.25, 0.3) is 0 Å². The predicted octanol–water partition coefficient (Wildman–Crippen LogP) is 2.15. The Bertz CT molecular complexity index is 73.5. The topological polar surface area (TPSA) is 20.2 Å². The van der Waals surface area contributed by atoms with E-state index in [9.17, 15) is 0 Å². The Balaban J connectivity index is 0.000000148. The first-order valence-electron chi connectivity index (χ1n) is 2.53. The largest absolute Gasteiger partial charge is 0.383 e. The molecule has 1 N–H and O–H groups in total. The average Bonchev–Trinajstić information content (AvgIpc) is 2.11. The minimum Gasteiger partial charge on any atom is -0.383 e. The Hall–Kier alpha value is 0.750. The standard InChI is InChI=1S/C3H4S2.C2H6OS/c1-2-4-5-3-1;1-2(3)4/h1-2H,3H2;2-4H,1H3. The molecule has 0 aromatic carbocycles. The second-order valence-corrected chi connectivity index (χ2v) is 4.45. The Morgan fingerprint density at radius 3 is 2.44 bits per heavy atom. The minimum atomic E-state index is -0.472. The molecule has 1 aliphatic heterocycles. The molecule has 54 valence electrons. The molecule has 1 heterocycles. The molecule has 0 saturated carbocycles. The normalized spacial score (nSPS) is 18.6. The van der Waals surface area contributed by atoms with Crippen LogP contribution in [0.15, 0.2) is 11.5 Å². The van der Waals surface area contributed by atoms with E-state index in [-0.39, 0.29) is 0 Å². The molecule has 1 atom stereocenters. The monoisotopic (exact) mass is 182 g/mol. The fourth-order valence-corrected chi connectivity index (χ4v) is 1.77. The lowest BCUT2D eigenvalue weighted by Crippen LogP contribution is -1.79. The molecule has 0 fully saturated rings. The third-order valence-corrected chi connectivity index (χ3v) is 2.30. The lowest BCUT2D eigenvalue weighted by molar-refractivity contribution is 0.286. The van der Waals surface area contributed by atoms with E-state index in [1.807, 2.05) is 21.6 Å². The first-order valence-corrected chi connectivity index (χ1v) is 5.42. The van der Waals surface area contributed by atoms with E-state index in [1.165, 1.54) is 5.75 Å². The molecule has 4 heteroatoms. The van der Waals surface area contributed by atoms with Crippen molar-refractivity contribution >= 4 is 34.2 Å². The summed E-state index contributed by atoms with van der Waals surface area (Å²) >= 11 is 3.52. The summed E-state index contributed by atoms with van der Waals surface area (Å²) in [5, 5.41) is 10.0. The number of aliphatic hydroxyl groups is 1. The Morgan fingerprint density at radius 2 is 2.33 bits per heavy atom. The highest BCUT2D eigenvalue weighted by Gasteiger charge is 1.85. The van der Waals surface area contributed by atoms with Gasteiger partial charge in [-0.1, -0.05) is 27.7 Å². The summed E-state index contributed by atoms with van der Waals surface area (Å²) in [6.07, 6.45) is 2.16. The number of hydrogen-bond donors (Lipinski definition) is 2. The maximum absolute atomic E-state index is 7.92. The van der Waals surface area contributed by atoms with Crippen LogP contribution < -0.4 is 0 Å². The van der Waals surface area contributed by atoms with Gasteiger partial charge in [-0.3, -0.25) is 0 Å². The van der Waals surface area contributed by atoms with Crippen LogP contribution in [0.5, 0.6) is 0 Å². The van der Waals surface area contributed by atoms with E-state index in [4.69, 9.17) is 5.11 Å². The number of aliphatic hydroxyl groups excluding tert-OH is 1. The van der Waals surface area contributed by atoms with Gasteiger partial charge < -0.3 is 5.11 Å². The van der Waals surface area contributed by atoms with Crippen LogP contribution in [0.4, 0.5) is 0 Å². The molecule has 0 aromatic heterocycles. The summed E-state index contributed by atoms with van der Waals surface area (Å²) in [5.41, 5.74) is -0.472. The Labute approximate surface area is 69.1 Å². The number of rotatable bonds is 0. The van der Waals surface area contributed by atoms with Crippen LogP contribution >= 0.6 is 34.2 Å². The Morgan fingerprint density at radius 1 is 1.78 bits per heavy atom. The van der Waals surface area contributed by atoms with Gasteiger partial charge in [-0.15, -0.1) is 12.6 Å². The van der Waals surface area contributed by atoms with Gasteiger partial charge in [0.1, 0.15) is 0 Å². The van der Waals surface area contributed by atoms with E-state index in [0.717, 1.165) is 0 Å². The van der Waals surface area contributed by atoms with Crippen LogP contribution in [0, 0.1) is 0 Å². The maximum atomic E-state index is 7.92. The minimum absolute atomic E-state index is 0.472. The van der Waals surface area contributed by atoms with Crippen molar-refractivity contribution in [1.29, 1.82) is 0 Å². The lowest BCUT2D eigenvalue weighted by Gasteiger charge is -1.79. The zero-order chi connectivity index (χ0) is 7.11. The van der Waals surface area contributed by atoms with Crippen molar-refractivity contribution in [2.24, 2.45) is 0 Å². The highest BCUT2D eigenvalue weighted by atomic mass is 33.1. The molecule has 1 unspecified atom stereocenters.